The first-order chi connectivity index (χ1) is 15.4. The third kappa shape index (κ3) is 3.50. The number of carbonyl (C=O) groups excluding carboxylic acids is 2. The van der Waals surface area contributed by atoms with E-state index in [4.69, 9.17) is 14.2 Å². The van der Waals surface area contributed by atoms with Crippen LogP contribution in [0.1, 0.15) is 48.2 Å². The summed E-state index contributed by atoms with van der Waals surface area (Å²) >= 11 is 3.64. The van der Waals surface area contributed by atoms with E-state index in [1.165, 1.54) is 7.11 Å². The summed E-state index contributed by atoms with van der Waals surface area (Å²) in [6.45, 7) is 6.54. The van der Waals surface area contributed by atoms with Gasteiger partial charge in [-0.05, 0) is 38.5 Å². The minimum atomic E-state index is -0.636. The number of ketones is 1. The number of Topliss-reactive ketones (excluding diaryl/α,β-unsaturated/α-hetero) is 1. The average molecular weight is 498 g/mol. The van der Waals surface area contributed by atoms with Crippen molar-refractivity contribution >= 4 is 33.4 Å². The molecule has 4 rings (SSSR count). The van der Waals surface area contributed by atoms with Crippen molar-refractivity contribution in [3.05, 3.63) is 74.4 Å². The number of esters is 1. The number of allylic oxidation sites excluding steroid dienone is 2. The molecule has 0 aromatic heterocycles. The van der Waals surface area contributed by atoms with Crippen LogP contribution in [0.25, 0.3) is 5.70 Å². The summed E-state index contributed by atoms with van der Waals surface area (Å²) in [5, 5.41) is 3.29. The second-order valence-electron chi connectivity index (χ2n) is 7.44. The fourth-order valence-electron chi connectivity index (χ4n) is 4.33. The molecule has 32 heavy (non-hydrogen) atoms. The van der Waals surface area contributed by atoms with Crippen LogP contribution in [0.5, 0.6) is 11.5 Å². The van der Waals surface area contributed by atoms with Crippen molar-refractivity contribution in [3.63, 3.8) is 0 Å². The first-order valence-corrected chi connectivity index (χ1v) is 11.3. The number of fused-ring (bicyclic) bond motifs is 2. The molecule has 1 heterocycles. The monoisotopic (exact) mass is 497 g/mol. The maximum absolute atomic E-state index is 13.5. The zero-order valence-corrected chi connectivity index (χ0v) is 20.0. The lowest BCUT2D eigenvalue weighted by Crippen LogP contribution is -2.29. The lowest BCUT2D eigenvalue weighted by atomic mass is 9.79. The molecule has 2 aromatic carbocycles. The van der Waals surface area contributed by atoms with Gasteiger partial charge in [-0.2, -0.15) is 0 Å². The number of hydrogen-bond acceptors (Lipinski definition) is 6. The molecule has 166 valence electrons. The molecule has 0 amide bonds. The maximum Gasteiger partial charge on any atom is 0.336 e. The van der Waals surface area contributed by atoms with Crippen molar-refractivity contribution in [1.29, 1.82) is 0 Å². The van der Waals surface area contributed by atoms with Crippen LogP contribution < -0.4 is 14.8 Å². The molecular weight excluding hydrogens is 474 g/mol. The Bertz CT molecular complexity index is 1180. The van der Waals surface area contributed by atoms with Gasteiger partial charge in [0, 0.05) is 26.9 Å². The van der Waals surface area contributed by atoms with Crippen molar-refractivity contribution in [2.24, 2.45) is 0 Å². The highest BCUT2D eigenvalue weighted by Crippen LogP contribution is 2.50. The molecule has 1 aliphatic heterocycles. The molecule has 0 saturated heterocycles. The van der Waals surface area contributed by atoms with Crippen LogP contribution in [0.3, 0.4) is 0 Å². The van der Waals surface area contributed by atoms with Gasteiger partial charge in [0.15, 0.2) is 17.3 Å². The molecule has 2 aliphatic rings. The molecule has 1 N–H and O–H groups in total. The molecule has 0 spiro atoms. The molecule has 0 saturated carbocycles. The average Bonchev–Trinajstić information content (AvgIpc) is 3.06. The zero-order chi connectivity index (χ0) is 23.0. The van der Waals surface area contributed by atoms with E-state index >= 15 is 0 Å². The number of halogens is 1. The Morgan fingerprint density at radius 1 is 1.06 bits per heavy atom. The van der Waals surface area contributed by atoms with Crippen LogP contribution in [0, 0.1) is 0 Å². The highest BCUT2D eigenvalue weighted by Gasteiger charge is 2.43. The second kappa shape index (κ2) is 8.82. The van der Waals surface area contributed by atoms with Crippen molar-refractivity contribution in [1.82, 2.24) is 5.32 Å². The van der Waals surface area contributed by atoms with Gasteiger partial charge in [-0.15, -0.1) is 0 Å². The van der Waals surface area contributed by atoms with Gasteiger partial charge in [0.25, 0.3) is 0 Å². The third-order valence-corrected chi connectivity index (χ3v) is 6.31. The topological polar surface area (TPSA) is 73.9 Å². The van der Waals surface area contributed by atoms with Gasteiger partial charge in [-0.1, -0.05) is 40.2 Å². The van der Waals surface area contributed by atoms with Gasteiger partial charge in [0.05, 0.1) is 37.5 Å². The van der Waals surface area contributed by atoms with E-state index in [1.54, 1.807) is 6.07 Å². The van der Waals surface area contributed by atoms with E-state index in [0.717, 1.165) is 16.8 Å². The van der Waals surface area contributed by atoms with Crippen LogP contribution in [0.4, 0.5) is 0 Å². The van der Waals surface area contributed by atoms with E-state index in [9.17, 15) is 9.59 Å². The Balaban J connectivity index is 1.97. The summed E-state index contributed by atoms with van der Waals surface area (Å²) in [5.41, 5.74) is 4.44. The Kier molecular flexibility index (Phi) is 6.11. The molecule has 6 nitrogen and oxygen atoms in total. The number of ether oxygens (including phenoxy) is 3. The van der Waals surface area contributed by atoms with Gasteiger partial charge in [-0.3, -0.25) is 4.79 Å². The molecule has 0 unspecified atom stereocenters. The van der Waals surface area contributed by atoms with Crippen molar-refractivity contribution in [2.75, 3.05) is 20.3 Å². The van der Waals surface area contributed by atoms with Crippen LogP contribution in [-0.2, 0) is 9.53 Å². The van der Waals surface area contributed by atoms with E-state index in [2.05, 4.69) is 21.2 Å². The molecule has 1 atom stereocenters. The van der Waals surface area contributed by atoms with Crippen LogP contribution in [-0.4, -0.2) is 32.1 Å². The number of nitrogens with one attached hydrogen (secondary N) is 1. The second-order valence-corrected chi connectivity index (χ2v) is 8.29. The normalized spacial score (nSPS) is 17.0. The Morgan fingerprint density at radius 3 is 2.31 bits per heavy atom. The highest BCUT2D eigenvalue weighted by molar-refractivity contribution is 9.10. The first kappa shape index (κ1) is 22.1. The number of hydrogen-bond donors (Lipinski definition) is 1. The molecule has 0 bridgehead atoms. The quantitative estimate of drug-likeness (QED) is 0.566. The summed E-state index contributed by atoms with van der Waals surface area (Å²) in [7, 11) is 1.34. The largest absolute Gasteiger partial charge is 0.490 e. The van der Waals surface area contributed by atoms with E-state index in [-0.39, 0.29) is 5.78 Å². The number of methoxy groups -OCH3 is 1. The summed E-state index contributed by atoms with van der Waals surface area (Å²) in [6.07, 6.45) is 0. The van der Waals surface area contributed by atoms with Gasteiger partial charge in [0.1, 0.15) is 0 Å². The van der Waals surface area contributed by atoms with Crippen LogP contribution in [0.2, 0.25) is 0 Å². The fraction of sp³-hybridized carbons (Fsp3) is 0.280. The van der Waals surface area contributed by atoms with E-state index < -0.39 is 11.9 Å². The number of rotatable bonds is 6. The fourth-order valence-corrected chi connectivity index (χ4v) is 4.88. The molecule has 2 aromatic rings. The van der Waals surface area contributed by atoms with Gasteiger partial charge < -0.3 is 19.5 Å². The predicted octanol–water partition coefficient (Wildman–Crippen LogP) is 4.99. The van der Waals surface area contributed by atoms with Crippen molar-refractivity contribution < 1.29 is 23.8 Å². The Labute approximate surface area is 195 Å². The molecule has 0 fully saturated rings. The van der Waals surface area contributed by atoms with Crippen molar-refractivity contribution in [2.45, 2.75) is 26.7 Å². The number of benzene rings is 2. The van der Waals surface area contributed by atoms with Crippen LogP contribution in [0.15, 0.2) is 57.7 Å². The summed E-state index contributed by atoms with van der Waals surface area (Å²) in [4.78, 5) is 26.4. The van der Waals surface area contributed by atoms with E-state index in [0.29, 0.717) is 51.6 Å². The number of dihydropyridines is 1. The number of carbonyl (C=O) groups is 2. The SMILES string of the molecule is CCOc1cc(Br)c([C@@H]2C(C(=O)OC)=C(C)NC3=C2C(=O)c2ccccc23)cc1OCC. The summed E-state index contributed by atoms with van der Waals surface area (Å²) in [5.74, 6) is -0.0924. The highest BCUT2D eigenvalue weighted by atomic mass is 79.9. The van der Waals surface area contributed by atoms with Gasteiger partial charge in [-0.25, -0.2) is 4.79 Å². The van der Waals surface area contributed by atoms with Crippen molar-refractivity contribution in [3.8, 4) is 11.5 Å². The minimum absolute atomic E-state index is 0.110. The minimum Gasteiger partial charge on any atom is -0.490 e. The summed E-state index contributed by atoms with van der Waals surface area (Å²) < 4.78 is 17.4. The Hall–Kier alpha value is -3.06. The van der Waals surface area contributed by atoms with E-state index in [1.807, 2.05) is 51.1 Å². The third-order valence-electron chi connectivity index (χ3n) is 5.63. The smallest absolute Gasteiger partial charge is 0.336 e. The lowest BCUT2D eigenvalue weighted by Gasteiger charge is -2.30. The predicted molar refractivity (Wildman–Crippen MR) is 125 cm³/mol. The van der Waals surface area contributed by atoms with Gasteiger partial charge in [0.2, 0.25) is 0 Å². The zero-order valence-electron chi connectivity index (χ0n) is 18.4. The van der Waals surface area contributed by atoms with Gasteiger partial charge >= 0.3 is 5.97 Å². The molecule has 7 heteroatoms. The Morgan fingerprint density at radius 2 is 1.69 bits per heavy atom. The molecule has 0 radical (unpaired) electrons. The van der Waals surface area contributed by atoms with Crippen LogP contribution >= 0.6 is 15.9 Å². The molecule has 1 aliphatic carbocycles. The maximum atomic E-state index is 13.5. The molecular formula is C25H24BrNO5. The standard InChI is InChI=1S/C25H24BrNO5/c1-5-31-18-11-16(17(26)12-19(18)32-6-2)21-20(25(29)30-4)13(3)27-23-14-9-7-8-10-15(14)24(28)22(21)23/h7-12,21,27H,5-6H2,1-4H3/t21-/m1/s1. The lowest BCUT2D eigenvalue weighted by molar-refractivity contribution is -0.136. The summed E-state index contributed by atoms with van der Waals surface area (Å²) in [6, 6.07) is 11.1. The first-order valence-electron chi connectivity index (χ1n) is 10.5.